The molecule has 37 heavy (non-hydrogen) atoms. The highest BCUT2D eigenvalue weighted by Crippen LogP contribution is 2.32. The molecular weight excluding hydrogens is 514 g/mol. The number of ether oxygens (including phenoxy) is 1. The smallest absolute Gasteiger partial charge is 0.264 e. The van der Waals surface area contributed by atoms with Crippen LogP contribution in [0.15, 0.2) is 76.5 Å². The van der Waals surface area contributed by atoms with Crippen molar-refractivity contribution >= 4 is 37.3 Å². The van der Waals surface area contributed by atoms with Gasteiger partial charge in [0.1, 0.15) is 12.3 Å². The Morgan fingerprint density at radius 2 is 1.51 bits per heavy atom. The normalized spacial score (nSPS) is 13.5. The van der Waals surface area contributed by atoms with E-state index in [1.807, 2.05) is 6.92 Å². The molecule has 0 saturated carbocycles. The van der Waals surface area contributed by atoms with E-state index in [0.29, 0.717) is 30.1 Å². The molecule has 0 unspecified atom stereocenters. The molecule has 0 atom stereocenters. The van der Waals surface area contributed by atoms with Crippen molar-refractivity contribution in [2.75, 3.05) is 43.5 Å². The fourth-order valence-corrected chi connectivity index (χ4v) is 6.48. The number of aryl methyl sites for hydroxylation is 1. The standard InChI is InChI=1S/C26H29N3O6S2/c1-19-5-7-21(8-6-19)29(37(33,34)23-11-9-22(35-4)10-12-23)18-26(30)28-16-15-20-17-24(13-14-25(20)28)36(31,32)27(2)3/h5-14,17H,15-16,18H2,1-4H3. The van der Waals surface area contributed by atoms with Crippen LogP contribution in [0.3, 0.4) is 0 Å². The van der Waals surface area contributed by atoms with Crippen LogP contribution >= 0.6 is 0 Å². The minimum atomic E-state index is -4.08. The van der Waals surface area contributed by atoms with Gasteiger partial charge < -0.3 is 9.64 Å². The molecule has 1 amide bonds. The molecule has 0 bridgehead atoms. The first-order valence-corrected chi connectivity index (χ1v) is 14.4. The Bertz CT molecular complexity index is 1520. The summed E-state index contributed by atoms with van der Waals surface area (Å²) in [6, 6.07) is 17.5. The molecule has 0 radical (unpaired) electrons. The molecule has 3 aromatic carbocycles. The van der Waals surface area contributed by atoms with E-state index in [1.165, 1.54) is 44.3 Å². The maximum atomic E-state index is 13.7. The number of rotatable bonds is 8. The number of carbonyl (C=O) groups excluding carboxylic acids is 1. The number of hydrogen-bond acceptors (Lipinski definition) is 6. The van der Waals surface area contributed by atoms with E-state index in [2.05, 4.69) is 0 Å². The predicted octanol–water partition coefficient (Wildman–Crippen LogP) is 3.04. The van der Waals surface area contributed by atoms with Gasteiger partial charge in [-0.1, -0.05) is 17.7 Å². The van der Waals surface area contributed by atoms with Crippen LogP contribution in [0.25, 0.3) is 0 Å². The highest BCUT2D eigenvalue weighted by molar-refractivity contribution is 7.92. The number of nitrogens with zero attached hydrogens (tertiary/aromatic N) is 3. The lowest BCUT2D eigenvalue weighted by atomic mass is 10.2. The zero-order valence-corrected chi connectivity index (χ0v) is 22.7. The van der Waals surface area contributed by atoms with Gasteiger partial charge in [-0.05, 0) is 73.5 Å². The number of sulfonamides is 2. The molecule has 0 saturated heterocycles. The number of anilines is 2. The van der Waals surface area contributed by atoms with Gasteiger partial charge in [0.15, 0.2) is 0 Å². The molecule has 0 aromatic heterocycles. The Kier molecular flexibility index (Phi) is 7.31. The van der Waals surface area contributed by atoms with Crippen molar-refractivity contribution in [3.05, 3.63) is 77.9 Å². The first-order chi connectivity index (χ1) is 17.4. The lowest BCUT2D eigenvalue weighted by Crippen LogP contribution is -2.42. The van der Waals surface area contributed by atoms with Crippen LogP contribution < -0.4 is 13.9 Å². The second-order valence-electron chi connectivity index (χ2n) is 8.90. The van der Waals surface area contributed by atoms with Crippen LogP contribution in [0.2, 0.25) is 0 Å². The lowest BCUT2D eigenvalue weighted by Gasteiger charge is -2.27. The zero-order valence-electron chi connectivity index (χ0n) is 21.1. The summed E-state index contributed by atoms with van der Waals surface area (Å²) < 4.78 is 59.8. The molecule has 4 rings (SSSR count). The predicted molar refractivity (Wildman–Crippen MR) is 142 cm³/mol. The number of benzene rings is 3. The average Bonchev–Trinajstić information content (AvgIpc) is 3.31. The van der Waals surface area contributed by atoms with Gasteiger partial charge in [-0.25, -0.2) is 21.1 Å². The van der Waals surface area contributed by atoms with E-state index >= 15 is 0 Å². The topological polar surface area (TPSA) is 104 Å². The Labute approximate surface area is 218 Å². The molecule has 1 aliphatic heterocycles. The van der Waals surface area contributed by atoms with Crippen molar-refractivity contribution in [2.45, 2.75) is 23.1 Å². The second kappa shape index (κ2) is 10.2. The van der Waals surface area contributed by atoms with Gasteiger partial charge in [-0.3, -0.25) is 9.10 Å². The van der Waals surface area contributed by atoms with Gasteiger partial charge in [0.25, 0.3) is 10.0 Å². The molecule has 0 aliphatic carbocycles. The maximum Gasteiger partial charge on any atom is 0.264 e. The zero-order chi connectivity index (χ0) is 27.0. The van der Waals surface area contributed by atoms with Crippen LogP contribution in [-0.4, -0.2) is 61.3 Å². The van der Waals surface area contributed by atoms with E-state index in [-0.39, 0.29) is 9.79 Å². The summed E-state index contributed by atoms with van der Waals surface area (Å²) in [6.45, 7) is 1.79. The maximum absolute atomic E-state index is 13.7. The SMILES string of the molecule is COc1ccc(S(=O)(=O)N(CC(=O)N2CCc3cc(S(=O)(=O)N(C)C)ccc32)c2ccc(C)cc2)cc1. The summed E-state index contributed by atoms with van der Waals surface area (Å²) in [7, 11) is -3.29. The fraction of sp³-hybridized carbons (Fsp3) is 0.269. The van der Waals surface area contributed by atoms with Crippen molar-refractivity contribution in [3.8, 4) is 5.75 Å². The third kappa shape index (κ3) is 5.20. The van der Waals surface area contributed by atoms with Crippen molar-refractivity contribution in [1.29, 1.82) is 0 Å². The number of hydrogen-bond donors (Lipinski definition) is 0. The van der Waals surface area contributed by atoms with Gasteiger partial charge in [0.05, 0.1) is 22.6 Å². The van der Waals surface area contributed by atoms with Crippen molar-refractivity contribution in [2.24, 2.45) is 0 Å². The molecule has 1 heterocycles. The Hall–Kier alpha value is -3.41. The first-order valence-electron chi connectivity index (χ1n) is 11.5. The third-order valence-corrected chi connectivity index (χ3v) is 9.87. The third-order valence-electron chi connectivity index (χ3n) is 6.27. The molecule has 0 N–H and O–H groups in total. The van der Waals surface area contributed by atoms with E-state index in [9.17, 15) is 21.6 Å². The molecule has 196 valence electrons. The molecule has 11 heteroatoms. The minimum absolute atomic E-state index is 0.0297. The fourth-order valence-electron chi connectivity index (χ4n) is 4.12. The van der Waals surface area contributed by atoms with Crippen LogP contribution in [0.4, 0.5) is 11.4 Å². The summed E-state index contributed by atoms with van der Waals surface area (Å²) >= 11 is 0. The molecule has 3 aromatic rings. The van der Waals surface area contributed by atoms with Crippen molar-refractivity contribution in [1.82, 2.24) is 4.31 Å². The van der Waals surface area contributed by atoms with Crippen molar-refractivity contribution < 1.29 is 26.4 Å². The Morgan fingerprint density at radius 1 is 0.892 bits per heavy atom. The summed E-state index contributed by atoms with van der Waals surface area (Å²) in [6.07, 6.45) is 0.466. The van der Waals surface area contributed by atoms with Gasteiger partial charge in [-0.15, -0.1) is 0 Å². The number of methoxy groups -OCH3 is 1. The summed E-state index contributed by atoms with van der Waals surface area (Å²) in [5.41, 5.74) is 2.61. The molecule has 1 aliphatic rings. The summed E-state index contributed by atoms with van der Waals surface area (Å²) in [5.74, 6) is 0.0980. The van der Waals surface area contributed by atoms with Gasteiger partial charge >= 0.3 is 0 Å². The van der Waals surface area contributed by atoms with Gasteiger partial charge in [0.2, 0.25) is 15.9 Å². The van der Waals surface area contributed by atoms with Crippen LogP contribution in [-0.2, 0) is 31.3 Å². The van der Waals surface area contributed by atoms with Crippen LogP contribution in [0, 0.1) is 6.92 Å². The largest absolute Gasteiger partial charge is 0.497 e. The molecule has 9 nitrogen and oxygen atoms in total. The Balaban J connectivity index is 1.67. The van der Waals surface area contributed by atoms with Crippen LogP contribution in [0.5, 0.6) is 5.75 Å². The molecule has 0 fully saturated rings. The van der Waals surface area contributed by atoms with E-state index in [4.69, 9.17) is 4.74 Å². The van der Waals surface area contributed by atoms with Crippen molar-refractivity contribution in [3.63, 3.8) is 0 Å². The highest BCUT2D eigenvalue weighted by Gasteiger charge is 2.32. The number of amides is 1. The van der Waals surface area contributed by atoms with Gasteiger partial charge in [-0.2, -0.15) is 0 Å². The Morgan fingerprint density at radius 3 is 2.11 bits per heavy atom. The van der Waals surface area contributed by atoms with Gasteiger partial charge in [0, 0.05) is 26.3 Å². The average molecular weight is 544 g/mol. The molecular formula is C26H29N3O6S2. The second-order valence-corrected chi connectivity index (χ2v) is 12.9. The molecule has 0 spiro atoms. The van der Waals surface area contributed by atoms with E-state index in [0.717, 1.165) is 19.7 Å². The lowest BCUT2D eigenvalue weighted by molar-refractivity contribution is -0.117. The quantitative estimate of drug-likeness (QED) is 0.433. The number of fused-ring (bicyclic) bond motifs is 1. The van der Waals surface area contributed by atoms with E-state index < -0.39 is 32.5 Å². The monoisotopic (exact) mass is 543 g/mol. The summed E-state index contributed by atoms with van der Waals surface area (Å²) in [5, 5.41) is 0. The minimum Gasteiger partial charge on any atom is -0.497 e. The number of carbonyl (C=O) groups is 1. The van der Waals surface area contributed by atoms with E-state index in [1.54, 1.807) is 48.5 Å². The van der Waals surface area contributed by atoms with Crippen LogP contribution in [0.1, 0.15) is 11.1 Å². The first kappa shape index (κ1) is 26.6. The highest BCUT2D eigenvalue weighted by atomic mass is 32.2. The summed E-state index contributed by atoms with van der Waals surface area (Å²) in [4.78, 5) is 15.2.